The molecule has 2 aromatic carbocycles. The molecule has 1 N–H and O–H groups in total. The van der Waals surface area contributed by atoms with Gasteiger partial charge in [0.25, 0.3) is 10.0 Å². The number of aryl methyl sites for hydroxylation is 1. The maximum atomic E-state index is 12.4. The second-order valence-corrected chi connectivity index (χ2v) is 9.93. The Labute approximate surface area is 152 Å². The maximum absolute atomic E-state index is 12.4. The van der Waals surface area contributed by atoms with Gasteiger partial charge in [-0.3, -0.25) is 9.03 Å². The summed E-state index contributed by atoms with van der Waals surface area (Å²) in [7, 11) is -7.02. The van der Waals surface area contributed by atoms with Crippen LogP contribution in [0.5, 0.6) is 0 Å². The van der Waals surface area contributed by atoms with Gasteiger partial charge in [-0.15, -0.1) is 0 Å². The molecular formula is C16H17ClN2O4S2. The van der Waals surface area contributed by atoms with Gasteiger partial charge in [0, 0.05) is 11.6 Å². The molecule has 0 atom stereocenters. The average Bonchev–Trinajstić information content (AvgIpc) is 2.89. The summed E-state index contributed by atoms with van der Waals surface area (Å²) in [6.07, 6.45) is 0.590. The Morgan fingerprint density at radius 2 is 1.80 bits per heavy atom. The molecule has 3 rings (SSSR count). The van der Waals surface area contributed by atoms with Crippen molar-refractivity contribution in [3.8, 4) is 0 Å². The molecule has 0 aliphatic carbocycles. The van der Waals surface area contributed by atoms with Crippen LogP contribution in [0.4, 0.5) is 11.4 Å². The van der Waals surface area contributed by atoms with Crippen LogP contribution in [0.15, 0.2) is 47.4 Å². The third-order valence-corrected chi connectivity index (χ3v) is 7.47. The molecule has 0 aromatic heterocycles. The minimum Gasteiger partial charge on any atom is -0.279 e. The molecule has 0 amide bonds. The van der Waals surface area contributed by atoms with Crippen molar-refractivity contribution in [1.82, 2.24) is 0 Å². The Balaban J connectivity index is 1.88. The second-order valence-electron chi connectivity index (χ2n) is 5.80. The topological polar surface area (TPSA) is 83.6 Å². The van der Waals surface area contributed by atoms with Crippen molar-refractivity contribution >= 4 is 43.0 Å². The lowest BCUT2D eigenvalue weighted by molar-refractivity contribution is 0.598. The Morgan fingerprint density at radius 3 is 2.36 bits per heavy atom. The van der Waals surface area contributed by atoms with E-state index in [2.05, 4.69) is 4.72 Å². The average molecular weight is 401 g/mol. The zero-order chi connectivity index (χ0) is 18.2. The molecule has 2 aromatic rings. The van der Waals surface area contributed by atoms with Crippen molar-refractivity contribution in [2.75, 3.05) is 21.3 Å². The maximum Gasteiger partial charge on any atom is 0.261 e. The number of sulfonamides is 2. The Kier molecular flexibility index (Phi) is 4.70. The highest BCUT2D eigenvalue weighted by Gasteiger charge is 2.28. The van der Waals surface area contributed by atoms with Gasteiger partial charge in [-0.2, -0.15) is 0 Å². The molecule has 1 heterocycles. The zero-order valence-electron chi connectivity index (χ0n) is 13.4. The zero-order valence-corrected chi connectivity index (χ0v) is 15.8. The third-order valence-electron chi connectivity index (χ3n) is 3.97. The van der Waals surface area contributed by atoms with E-state index in [4.69, 9.17) is 11.6 Å². The minimum absolute atomic E-state index is 0.0995. The number of rotatable bonds is 4. The number of benzene rings is 2. The van der Waals surface area contributed by atoms with Crippen molar-refractivity contribution in [1.29, 1.82) is 0 Å². The highest BCUT2D eigenvalue weighted by molar-refractivity contribution is 7.93. The van der Waals surface area contributed by atoms with E-state index in [0.29, 0.717) is 34.9 Å². The number of hydrogen-bond donors (Lipinski definition) is 1. The lowest BCUT2D eigenvalue weighted by Gasteiger charge is -2.19. The fraction of sp³-hybridized carbons (Fsp3) is 0.250. The predicted octanol–water partition coefficient (Wildman–Crippen LogP) is 2.99. The van der Waals surface area contributed by atoms with Gasteiger partial charge in [0.05, 0.1) is 22.0 Å². The van der Waals surface area contributed by atoms with Gasteiger partial charge >= 0.3 is 0 Å². The SMILES string of the molecule is Cc1cc(N2CCCS2(=O)=O)ccc1NS(=O)(=O)c1ccc(Cl)cc1. The third kappa shape index (κ3) is 3.75. The number of nitrogens with zero attached hydrogens (tertiary/aromatic N) is 1. The summed E-state index contributed by atoms with van der Waals surface area (Å²) >= 11 is 5.78. The standard InChI is InChI=1S/C16H17ClN2O4S2/c1-12-11-14(19-9-2-10-24(19,20)21)5-8-16(12)18-25(22,23)15-6-3-13(17)4-7-15/h3-8,11,18H,2,9-10H2,1H3. The van der Waals surface area contributed by atoms with Gasteiger partial charge in [-0.05, 0) is 61.4 Å². The molecule has 1 saturated heterocycles. The van der Waals surface area contributed by atoms with Crippen LogP contribution in [0.25, 0.3) is 0 Å². The predicted molar refractivity (Wildman–Crippen MR) is 99.2 cm³/mol. The number of halogens is 1. The summed E-state index contributed by atoms with van der Waals surface area (Å²) in [6.45, 7) is 2.17. The molecule has 1 aliphatic rings. The van der Waals surface area contributed by atoms with Crippen LogP contribution < -0.4 is 9.03 Å². The van der Waals surface area contributed by atoms with Crippen LogP contribution in [0.1, 0.15) is 12.0 Å². The highest BCUT2D eigenvalue weighted by atomic mass is 35.5. The van der Waals surface area contributed by atoms with Crippen molar-refractivity contribution in [2.24, 2.45) is 0 Å². The summed E-state index contributed by atoms with van der Waals surface area (Å²) in [5.41, 5.74) is 1.58. The summed E-state index contributed by atoms with van der Waals surface area (Å²) in [4.78, 5) is 0.0995. The van der Waals surface area contributed by atoms with Crippen LogP contribution in [-0.2, 0) is 20.0 Å². The van der Waals surface area contributed by atoms with Crippen molar-refractivity contribution < 1.29 is 16.8 Å². The van der Waals surface area contributed by atoms with E-state index >= 15 is 0 Å². The molecule has 134 valence electrons. The van der Waals surface area contributed by atoms with Gasteiger partial charge in [0.15, 0.2) is 0 Å². The lowest BCUT2D eigenvalue weighted by atomic mass is 10.2. The van der Waals surface area contributed by atoms with Crippen LogP contribution in [-0.4, -0.2) is 29.1 Å². The van der Waals surface area contributed by atoms with Crippen molar-refractivity contribution in [3.63, 3.8) is 0 Å². The van der Waals surface area contributed by atoms with Gasteiger partial charge in [-0.25, -0.2) is 16.8 Å². The molecule has 1 fully saturated rings. The fourth-order valence-electron chi connectivity index (χ4n) is 2.66. The van der Waals surface area contributed by atoms with E-state index in [-0.39, 0.29) is 10.6 Å². The molecule has 0 saturated carbocycles. The largest absolute Gasteiger partial charge is 0.279 e. The highest BCUT2D eigenvalue weighted by Crippen LogP contribution is 2.29. The lowest BCUT2D eigenvalue weighted by Crippen LogP contribution is -2.25. The van der Waals surface area contributed by atoms with Gasteiger partial charge < -0.3 is 0 Å². The molecule has 0 unspecified atom stereocenters. The van der Waals surface area contributed by atoms with E-state index in [9.17, 15) is 16.8 Å². The first-order valence-corrected chi connectivity index (χ1v) is 11.1. The first-order valence-electron chi connectivity index (χ1n) is 7.58. The quantitative estimate of drug-likeness (QED) is 0.855. The van der Waals surface area contributed by atoms with Crippen molar-refractivity contribution in [3.05, 3.63) is 53.1 Å². The molecule has 0 radical (unpaired) electrons. The normalized spacial score (nSPS) is 16.8. The van der Waals surface area contributed by atoms with Crippen LogP contribution in [0, 0.1) is 6.92 Å². The van der Waals surface area contributed by atoms with E-state index in [0.717, 1.165) is 0 Å². The molecule has 6 nitrogen and oxygen atoms in total. The van der Waals surface area contributed by atoms with Gasteiger partial charge in [0.1, 0.15) is 0 Å². The Hall–Kier alpha value is -1.77. The number of anilines is 2. The summed E-state index contributed by atoms with van der Waals surface area (Å²) in [5.74, 6) is 0.136. The van der Waals surface area contributed by atoms with Crippen LogP contribution in [0.2, 0.25) is 5.02 Å². The fourth-order valence-corrected chi connectivity index (χ4v) is 5.48. The molecule has 9 heteroatoms. The van der Waals surface area contributed by atoms with Gasteiger partial charge in [0.2, 0.25) is 10.0 Å². The summed E-state index contributed by atoms with van der Waals surface area (Å²) in [6, 6.07) is 10.7. The molecular weight excluding hydrogens is 384 g/mol. The summed E-state index contributed by atoms with van der Waals surface area (Å²) < 4.78 is 52.8. The first-order chi connectivity index (χ1) is 11.7. The Bertz CT molecular complexity index is 1000. The second kappa shape index (κ2) is 6.51. The van der Waals surface area contributed by atoms with Crippen LogP contribution >= 0.6 is 11.6 Å². The van der Waals surface area contributed by atoms with Gasteiger partial charge in [-0.1, -0.05) is 11.6 Å². The minimum atomic E-state index is -3.75. The molecule has 0 bridgehead atoms. The Morgan fingerprint density at radius 1 is 1.12 bits per heavy atom. The van der Waals surface area contributed by atoms with E-state index in [1.165, 1.54) is 28.6 Å². The number of nitrogens with one attached hydrogen (secondary N) is 1. The van der Waals surface area contributed by atoms with E-state index < -0.39 is 20.0 Å². The monoisotopic (exact) mass is 400 g/mol. The van der Waals surface area contributed by atoms with E-state index in [1.54, 1.807) is 25.1 Å². The smallest absolute Gasteiger partial charge is 0.261 e. The number of hydrogen-bond acceptors (Lipinski definition) is 4. The van der Waals surface area contributed by atoms with Crippen molar-refractivity contribution in [2.45, 2.75) is 18.2 Å². The summed E-state index contributed by atoms with van der Waals surface area (Å²) in [5, 5.41) is 0.450. The first kappa shape index (κ1) is 18.0. The molecule has 1 aliphatic heterocycles. The molecule has 25 heavy (non-hydrogen) atoms. The van der Waals surface area contributed by atoms with Crippen LogP contribution in [0.3, 0.4) is 0 Å². The molecule has 0 spiro atoms. The van der Waals surface area contributed by atoms with E-state index in [1.807, 2.05) is 0 Å².